The van der Waals surface area contributed by atoms with Crippen LogP contribution in [-0.4, -0.2) is 26.6 Å². The third kappa shape index (κ3) is 4.66. The number of carbonyl (C=O) groups is 1. The molecule has 0 fully saturated rings. The lowest BCUT2D eigenvalue weighted by Crippen LogP contribution is -2.23. The Balaban J connectivity index is 3.15. The number of aldehydes is 1. The average molecular weight is 305 g/mol. The van der Waals surface area contributed by atoms with Crippen molar-refractivity contribution in [3.63, 3.8) is 0 Å². The smallest absolute Gasteiger partial charge is 0.203 e. The van der Waals surface area contributed by atoms with Crippen LogP contribution in [0.2, 0.25) is 0 Å². The first-order chi connectivity index (χ1) is 10.6. The average Bonchev–Trinajstić information content (AvgIpc) is 2.50. The standard InChI is InChI=1S/C17H23NO4/c1-12(2)14(6-5-9-19)22-16-11-13(7-8-18)10-15(20-3)17(16)21-4/h9-12,14H,5-7H2,1-4H3. The fourth-order valence-corrected chi connectivity index (χ4v) is 2.19. The minimum atomic E-state index is -0.110. The second-order valence-electron chi connectivity index (χ2n) is 5.31. The van der Waals surface area contributed by atoms with E-state index in [2.05, 4.69) is 6.07 Å². The van der Waals surface area contributed by atoms with Gasteiger partial charge in [0.2, 0.25) is 5.75 Å². The van der Waals surface area contributed by atoms with Gasteiger partial charge in [-0.05, 0) is 30.0 Å². The molecule has 1 aromatic rings. The van der Waals surface area contributed by atoms with Crippen molar-refractivity contribution in [1.82, 2.24) is 0 Å². The van der Waals surface area contributed by atoms with E-state index in [-0.39, 0.29) is 18.4 Å². The second kappa shape index (κ2) is 8.93. The van der Waals surface area contributed by atoms with Gasteiger partial charge in [-0.2, -0.15) is 5.26 Å². The van der Waals surface area contributed by atoms with E-state index in [9.17, 15) is 4.79 Å². The third-order valence-corrected chi connectivity index (χ3v) is 3.38. The number of nitriles is 1. The Kier molecular flexibility index (Phi) is 7.24. The topological polar surface area (TPSA) is 68.5 Å². The van der Waals surface area contributed by atoms with Crippen molar-refractivity contribution in [2.75, 3.05) is 14.2 Å². The summed E-state index contributed by atoms with van der Waals surface area (Å²) in [6.07, 6.45) is 2.12. The monoisotopic (exact) mass is 305 g/mol. The van der Waals surface area contributed by atoms with Crippen LogP contribution < -0.4 is 14.2 Å². The maximum Gasteiger partial charge on any atom is 0.203 e. The fraction of sp³-hybridized carbons (Fsp3) is 0.529. The first-order valence-electron chi connectivity index (χ1n) is 7.29. The summed E-state index contributed by atoms with van der Waals surface area (Å²) in [5.41, 5.74) is 0.799. The molecule has 1 atom stereocenters. The zero-order chi connectivity index (χ0) is 16.5. The van der Waals surface area contributed by atoms with E-state index >= 15 is 0 Å². The lowest BCUT2D eigenvalue weighted by atomic mass is 10.0. The van der Waals surface area contributed by atoms with Crippen molar-refractivity contribution >= 4 is 6.29 Å². The van der Waals surface area contributed by atoms with E-state index in [4.69, 9.17) is 19.5 Å². The molecule has 0 aliphatic rings. The summed E-state index contributed by atoms with van der Waals surface area (Å²) in [6, 6.07) is 5.67. The summed E-state index contributed by atoms with van der Waals surface area (Å²) in [5, 5.41) is 8.89. The molecule has 1 aromatic carbocycles. The van der Waals surface area contributed by atoms with Crippen LogP contribution in [0.1, 0.15) is 32.3 Å². The van der Waals surface area contributed by atoms with Gasteiger partial charge in [0.25, 0.3) is 0 Å². The summed E-state index contributed by atoms with van der Waals surface area (Å²) in [5.74, 6) is 1.82. The zero-order valence-electron chi connectivity index (χ0n) is 13.6. The molecule has 0 amide bonds. The molecule has 5 nitrogen and oxygen atoms in total. The molecule has 5 heteroatoms. The minimum Gasteiger partial charge on any atom is -0.493 e. The number of methoxy groups -OCH3 is 2. The van der Waals surface area contributed by atoms with E-state index in [1.807, 2.05) is 13.8 Å². The molecule has 0 saturated heterocycles. The summed E-state index contributed by atoms with van der Waals surface area (Å²) >= 11 is 0. The number of benzene rings is 1. The van der Waals surface area contributed by atoms with E-state index < -0.39 is 0 Å². The van der Waals surface area contributed by atoms with E-state index in [1.54, 1.807) is 26.4 Å². The Labute approximate surface area is 131 Å². The summed E-state index contributed by atoms with van der Waals surface area (Å²) in [6.45, 7) is 4.08. The van der Waals surface area contributed by atoms with Crippen LogP contribution in [0.5, 0.6) is 17.2 Å². The Hall–Kier alpha value is -2.22. The molecule has 120 valence electrons. The van der Waals surface area contributed by atoms with E-state index in [0.29, 0.717) is 30.1 Å². The van der Waals surface area contributed by atoms with Crippen LogP contribution in [0.25, 0.3) is 0 Å². The predicted molar refractivity (Wildman–Crippen MR) is 83.4 cm³/mol. The molecular formula is C17H23NO4. The lowest BCUT2D eigenvalue weighted by Gasteiger charge is -2.24. The molecule has 0 radical (unpaired) electrons. The van der Waals surface area contributed by atoms with Crippen molar-refractivity contribution in [2.45, 2.75) is 39.2 Å². The Morgan fingerprint density at radius 1 is 1.23 bits per heavy atom. The van der Waals surface area contributed by atoms with Crippen LogP contribution >= 0.6 is 0 Å². The van der Waals surface area contributed by atoms with Crippen LogP contribution in [0.3, 0.4) is 0 Å². The summed E-state index contributed by atoms with van der Waals surface area (Å²) in [4.78, 5) is 10.6. The molecule has 1 rings (SSSR count). The molecule has 0 aliphatic carbocycles. The molecule has 22 heavy (non-hydrogen) atoms. The fourth-order valence-electron chi connectivity index (χ4n) is 2.19. The molecule has 0 saturated carbocycles. The Bertz CT molecular complexity index is 534. The molecule has 0 heterocycles. The van der Waals surface area contributed by atoms with Crippen LogP contribution in [0, 0.1) is 17.2 Å². The summed E-state index contributed by atoms with van der Waals surface area (Å²) in [7, 11) is 3.09. The number of nitrogens with zero attached hydrogens (tertiary/aromatic N) is 1. The van der Waals surface area contributed by atoms with Gasteiger partial charge in [0, 0.05) is 6.42 Å². The Morgan fingerprint density at radius 2 is 1.91 bits per heavy atom. The van der Waals surface area contributed by atoms with Gasteiger partial charge in [0.05, 0.1) is 26.7 Å². The minimum absolute atomic E-state index is 0.110. The third-order valence-electron chi connectivity index (χ3n) is 3.38. The number of ether oxygens (including phenoxy) is 3. The number of carbonyl (C=O) groups excluding carboxylic acids is 1. The highest BCUT2D eigenvalue weighted by Crippen LogP contribution is 2.39. The first kappa shape index (κ1) is 17.8. The quantitative estimate of drug-likeness (QED) is 0.655. The first-order valence-corrected chi connectivity index (χ1v) is 7.29. The van der Waals surface area contributed by atoms with Gasteiger partial charge in [-0.25, -0.2) is 0 Å². The maximum atomic E-state index is 10.6. The van der Waals surface area contributed by atoms with Crippen LogP contribution in [0.15, 0.2) is 12.1 Å². The van der Waals surface area contributed by atoms with Crippen molar-refractivity contribution in [3.05, 3.63) is 17.7 Å². The highest BCUT2D eigenvalue weighted by molar-refractivity contribution is 5.54. The molecule has 1 unspecified atom stereocenters. The van der Waals surface area contributed by atoms with Crippen molar-refractivity contribution in [2.24, 2.45) is 5.92 Å². The molecule has 0 N–H and O–H groups in total. The molecular weight excluding hydrogens is 282 g/mol. The Morgan fingerprint density at radius 3 is 2.41 bits per heavy atom. The van der Waals surface area contributed by atoms with Gasteiger partial charge < -0.3 is 19.0 Å². The van der Waals surface area contributed by atoms with E-state index in [0.717, 1.165) is 11.8 Å². The number of hydrogen-bond acceptors (Lipinski definition) is 5. The number of rotatable bonds is 9. The zero-order valence-corrected chi connectivity index (χ0v) is 13.6. The van der Waals surface area contributed by atoms with E-state index in [1.165, 1.54) is 0 Å². The highest BCUT2D eigenvalue weighted by atomic mass is 16.5. The van der Waals surface area contributed by atoms with Crippen LogP contribution in [-0.2, 0) is 11.2 Å². The highest BCUT2D eigenvalue weighted by Gasteiger charge is 2.20. The van der Waals surface area contributed by atoms with Crippen LogP contribution in [0.4, 0.5) is 0 Å². The maximum absolute atomic E-state index is 10.6. The SMILES string of the molecule is COc1cc(CC#N)cc(OC(CCC=O)C(C)C)c1OC. The molecule has 0 aliphatic heterocycles. The van der Waals surface area contributed by atoms with Crippen molar-refractivity contribution in [3.8, 4) is 23.3 Å². The predicted octanol–water partition coefficient (Wildman–Crippen LogP) is 3.15. The van der Waals surface area contributed by atoms with Crippen molar-refractivity contribution in [1.29, 1.82) is 5.26 Å². The molecule has 0 bridgehead atoms. The largest absolute Gasteiger partial charge is 0.493 e. The van der Waals surface area contributed by atoms with Gasteiger partial charge in [-0.1, -0.05) is 13.8 Å². The molecule has 0 spiro atoms. The van der Waals surface area contributed by atoms with Crippen molar-refractivity contribution < 1.29 is 19.0 Å². The second-order valence-corrected chi connectivity index (χ2v) is 5.31. The van der Waals surface area contributed by atoms with Gasteiger partial charge >= 0.3 is 0 Å². The van der Waals surface area contributed by atoms with Gasteiger partial charge in [-0.15, -0.1) is 0 Å². The number of hydrogen-bond donors (Lipinski definition) is 0. The molecule has 0 aromatic heterocycles. The van der Waals surface area contributed by atoms with Gasteiger partial charge in [-0.3, -0.25) is 0 Å². The lowest BCUT2D eigenvalue weighted by molar-refractivity contribution is -0.108. The summed E-state index contributed by atoms with van der Waals surface area (Å²) < 4.78 is 16.8. The van der Waals surface area contributed by atoms with Gasteiger partial charge in [0.1, 0.15) is 12.4 Å². The normalized spacial score (nSPS) is 11.6. The van der Waals surface area contributed by atoms with Gasteiger partial charge in [0.15, 0.2) is 11.5 Å².